The highest BCUT2D eigenvalue weighted by atomic mass is 15.1. The number of benzene rings is 1. The van der Waals surface area contributed by atoms with Crippen LogP contribution in [0.25, 0.3) is 0 Å². The predicted octanol–water partition coefficient (Wildman–Crippen LogP) is 2.31. The first-order chi connectivity index (χ1) is 9.74. The van der Waals surface area contributed by atoms with Crippen LogP contribution >= 0.6 is 0 Å². The second-order valence-electron chi connectivity index (χ2n) is 4.71. The molecule has 0 aliphatic carbocycles. The van der Waals surface area contributed by atoms with E-state index in [1.54, 1.807) is 6.20 Å². The fraction of sp³-hybridized carbons (Fsp3) is 0.250. The zero-order chi connectivity index (χ0) is 14.4. The van der Waals surface area contributed by atoms with Crippen LogP contribution in [0.4, 0.5) is 5.69 Å². The second-order valence-corrected chi connectivity index (χ2v) is 4.71. The van der Waals surface area contributed by atoms with Crippen molar-refractivity contribution in [2.75, 3.05) is 19.0 Å². The molecule has 0 saturated heterocycles. The third kappa shape index (κ3) is 3.34. The average molecular weight is 266 g/mol. The monoisotopic (exact) mass is 266 g/mol. The van der Waals surface area contributed by atoms with Gasteiger partial charge >= 0.3 is 0 Å². The Labute approximate surface area is 119 Å². The smallest absolute Gasteiger partial charge is 0.101 e. The molecule has 4 nitrogen and oxygen atoms in total. The van der Waals surface area contributed by atoms with E-state index in [0.717, 1.165) is 29.9 Å². The van der Waals surface area contributed by atoms with Crippen LogP contribution in [-0.4, -0.2) is 19.1 Å². The number of nitriles is 1. The van der Waals surface area contributed by atoms with Crippen LogP contribution in [0.2, 0.25) is 0 Å². The summed E-state index contributed by atoms with van der Waals surface area (Å²) in [5, 5.41) is 12.4. The third-order valence-electron chi connectivity index (χ3n) is 3.12. The molecule has 2 aromatic rings. The minimum atomic E-state index is 0.698. The minimum absolute atomic E-state index is 0.698. The van der Waals surface area contributed by atoms with Crippen molar-refractivity contribution in [3.05, 3.63) is 59.4 Å². The highest BCUT2D eigenvalue weighted by Gasteiger charge is 2.09. The normalized spacial score (nSPS) is 10.1. The van der Waals surface area contributed by atoms with Crippen LogP contribution in [0.1, 0.15) is 16.7 Å². The number of rotatable bonds is 5. The van der Waals surface area contributed by atoms with Gasteiger partial charge in [-0.3, -0.25) is 4.98 Å². The number of anilines is 1. The first-order valence-corrected chi connectivity index (χ1v) is 6.52. The highest BCUT2D eigenvalue weighted by Crippen LogP contribution is 2.22. The average Bonchev–Trinajstić information content (AvgIpc) is 2.48. The molecule has 1 aromatic heterocycles. The minimum Gasteiger partial charge on any atom is -0.369 e. The van der Waals surface area contributed by atoms with Gasteiger partial charge in [-0.05, 0) is 36.4 Å². The van der Waals surface area contributed by atoms with Crippen LogP contribution in [-0.2, 0) is 13.1 Å². The summed E-state index contributed by atoms with van der Waals surface area (Å²) in [5.74, 6) is 0. The molecule has 0 aliphatic heterocycles. The van der Waals surface area contributed by atoms with Gasteiger partial charge in [0.25, 0.3) is 0 Å². The van der Waals surface area contributed by atoms with Gasteiger partial charge in [0, 0.05) is 32.5 Å². The van der Waals surface area contributed by atoms with E-state index >= 15 is 0 Å². The Morgan fingerprint density at radius 3 is 2.80 bits per heavy atom. The molecular weight excluding hydrogens is 248 g/mol. The van der Waals surface area contributed by atoms with Gasteiger partial charge in [-0.15, -0.1) is 0 Å². The maximum Gasteiger partial charge on any atom is 0.101 e. The Morgan fingerprint density at radius 2 is 2.15 bits per heavy atom. The summed E-state index contributed by atoms with van der Waals surface area (Å²) in [4.78, 5) is 6.18. The topological polar surface area (TPSA) is 52.0 Å². The molecule has 0 fully saturated rings. The van der Waals surface area contributed by atoms with Crippen molar-refractivity contribution >= 4 is 5.69 Å². The van der Waals surface area contributed by atoms with E-state index in [-0.39, 0.29) is 0 Å². The Morgan fingerprint density at radius 1 is 1.30 bits per heavy atom. The van der Waals surface area contributed by atoms with Crippen molar-refractivity contribution in [1.29, 1.82) is 5.26 Å². The molecule has 102 valence electrons. The standard InChI is InChI=1S/C16H18N4/c1-18-10-13-5-6-16(15(8-13)9-17)20(2)12-14-4-3-7-19-11-14/h3-8,11,18H,10,12H2,1-2H3. The number of pyridine rings is 1. The summed E-state index contributed by atoms with van der Waals surface area (Å²) in [6.07, 6.45) is 3.61. The van der Waals surface area contributed by atoms with E-state index < -0.39 is 0 Å². The number of hydrogen-bond acceptors (Lipinski definition) is 4. The van der Waals surface area contributed by atoms with Crippen molar-refractivity contribution < 1.29 is 0 Å². The van der Waals surface area contributed by atoms with Crippen LogP contribution < -0.4 is 10.2 Å². The molecule has 4 heteroatoms. The Balaban J connectivity index is 2.21. The first kappa shape index (κ1) is 14.0. The van der Waals surface area contributed by atoms with Gasteiger partial charge < -0.3 is 10.2 Å². The quantitative estimate of drug-likeness (QED) is 0.902. The maximum absolute atomic E-state index is 9.32. The van der Waals surface area contributed by atoms with Crippen LogP contribution in [0.5, 0.6) is 0 Å². The summed E-state index contributed by atoms with van der Waals surface area (Å²) in [5.41, 5.74) is 3.88. The summed E-state index contributed by atoms with van der Waals surface area (Å²) in [7, 11) is 3.88. The molecular formula is C16H18N4. The molecule has 0 atom stereocenters. The van der Waals surface area contributed by atoms with Crippen molar-refractivity contribution in [2.24, 2.45) is 0 Å². The van der Waals surface area contributed by atoms with E-state index in [9.17, 15) is 5.26 Å². The molecule has 1 N–H and O–H groups in total. The molecule has 0 aliphatic rings. The lowest BCUT2D eigenvalue weighted by Crippen LogP contribution is -2.18. The van der Waals surface area contributed by atoms with Gasteiger partial charge in [0.05, 0.1) is 11.3 Å². The van der Waals surface area contributed by atoms with Gasteiger partial charge in [-0.1, -0.05) is 12.1 Å². The molecule has 0 unspecified atom stereocenters. The number of nitrogens with one attached hydrogen (secondary N) is 1. The zero-order valence-electron chi connectivity index (χ0n) is 11.8. The molecule has 0 bridgehead atoms. The van der Waals surface area contributed by atoms with E-state index in [2.05, 4.69) is 21.3 Å². The SMILES string of the molecule is CNCc1ccc(N(C)Cc2cccnc2)c(C#N)c1. The lowest BCUT2D eigenvalue weighted by Gasteiger charge is -2.21. The summed E-state index contributed by atoms with van der Waals surface area (Å²) in [6, 6.07) is 12.2. The lowest BCUT2D eigenvalue weighted by molar-refractivity contribution is 0.816. The van der Waals surface area contributed by atoms with Gasteiger partial charge in [0.1, 0.15) is 6.07 Å². The molecule has 0 saturated carbocycles. The molecule has 1 heterocycles. The Kier molecular flexibility index (Phi) is 4.70. The summed E-state index contributed by atoms with van der Waals surface area (Å²) >= 11 is 0. The van der Waals surface area contributed by atoms with Crippen molar-refractivity contribution in [3.8, 4) is 6.07 Å². The molecule has 0 spiro atoms. The number of nitrogens with zero attached hydrogens (tertiary/aromatic N) is 3. The lowest BCUT2D eigenvalue weighted by atomic mass is 10.1. The molecule has 2 rings (SSSR count). The van der Waals surface area contributed by atoms with Gasteiger partial charge in [-0.25, -0.2) is 0 Å². The second kappa shape index (κ2) is 6.69. The number of hydrogen-bond donors (Lipinski definition) is 1. The molecule has 20 heavy (non-hydrogen) atoms. The van der Waals surface area contributed by atoms with Crippen molar-refractivity contribution in [1.82, 2.24) is 10.3 Å². The van der Waals surface area contributed by atoms with Crippen LogP contribution in [0.15, 0.2) is 42.7 Å². The van der Waals surface area contributed by atoms with E-state index in [0.29, 0.717) is 5.56 Å². The Bertz CT molecular complexity index is 602. The van der Waals surface area contributed by atoms with Crippen molar-refractivity contribution in [3.63, 3.8) is 0 Å². The zero-order valence-corrected chi connectivity index (χ0v) is 11.8. The summed E-state index contributed by atoms with van der Waals surface area (Å²) in [6.45, 7) is 1.50. The summed E-state index contributed by atoms with van der Waals surface area (Å²) < 4.78 is 0. The number of aromatic nitrogens is 1. The fourth-order valence-corrected chi connectivity index (χ4v) is 2.17. The van der Waals surface area contributed by atoms with Crippen molar-refractivity contribution in [2.45, 2.75) is 13.1 Å². The molecule has 0 radical (unpaired) electrons. The highest BCUT2D eigenvalue weighted by molar-refractivity contribution is 5.60. The molecule has 1 aromatic carbocycles. The third-order valence-corrected chi connectivity index (χ3v) is 3.12. The van der Waals surface area contributed by atoms with Crippen LogP contribution in [0.3, 0.4) is 0 Å². The first-order valence-electron chi connectivity index (χ1n) is 6.52. The largest absolute Gasteiger partial charge is 0.369 e. The van der Waals surface area contributed by atoms with E-state index in [1.807, 2.05) is 50.6 Å². The van der Waals surface area contributed by atoms with E-state index in [1.165, 1.54) is 0 Å². The van der Waals surface area contributed by atoms with Gasteiger partial charge in [-0.2, -0.15) is 5.26 Å². The van der Waals surface area contributed by atoms with E-state index in [4.69, 9.17) is 0 Å². The maximum atomic E-state index is 9.32. The molecule has 0 amide bonds. The predicted molar refractivity (Wildman–Crippen MR) is 80.3 cm³/mol. The van der Waals surface area contributed by atoms with Crippen LogP contribution in [0, 0.1) is 11.3 Å². The Hall–Kier alpha value is -2.38. The fourth-order valence-electron chi connectivity index (χ4n) is 2.17. The van der Waals surface area contributed by atoms with Gasteiger partial charge in [0.15, 0.2) is 0 Å². The van der Waals surface area contributed by atoms with Gasteiger partial charge in [0.2, 0.25) is 0 Å².